The molecule has 2 heterocycles. The van der Waals surface area contributed by atoms with Crippen molar-refractivity contribution in [3.8, 4) is 0 Å². The second-order valence-corrected chi connectivity index (χ2v) is 6.74. The zero-order valence-corrected chi connectivity index (χ0v) is 12.5. The minimum Gasteiger partial charge on any atom is -0.444 e. The fourth-order valence-corrected chi connectivity index (χ4v) is 2.53. The molecule has 0 aromatic rings. The van der Waals surface area contributed by atoms with Gasteiger partial charge in [-0.2, -0.15) is 0 Å². The zero-order valence-electron chi connectivity index (χ0n) is 12.5. The molecule has 1 unspecified atom stereocenters. The molecule has 0 spiro atoms. The van der Waals surface area contributed by atoms with Gasteiger partial charge in [0.15, 0.2) is 0 Å². The minimum absolute atomic E-state index is 0.0285. The molecule has 2 aliphatic heterocycles. The van der Waals surface area contributed by atoms with Crippen molar-refractivity contribution in [3.05, 3.63) is 0 Å². The minimum atomic E-state index is -0.512. The highest BCUT2D eigenvalue weighted by atomic mass is 16.6. The molecule has 2 amide bonds. The van der Waals surface area contributed by atoms with Crippen molar-refractivity contribution in [1.29, 1.82) is 0 Å². The molecule has 2 fully saturated rings. The Hall–Kier alpha value is -1.30. The fourth-order valence-electron chi connectivity index (χ4n) is 2.53. The Morgan fingerprint density at radius 1 is 1.35 bits per heavy atom. The standard InChI is InChI=1S/C14H24N2O4/c1-14(2,3)20-13(19)16-7-10(8-16)4-5-15-9-11(17)6-12(15)18/h10-11,17H,4-9H2,1-3H3. The average molecular weight is 284 g/mol. The lowest BCUT2D eigenvalue weighted by molar-refractivity contribution is -0.128. The SMILES string of the molecule is CC(C)(C)OC(=O)N1CC(CCN2CC(O)CC2=O)C1. The number of likely N-dealkylation sites (tertiary alicyclic amines) is 2. The van der Waals surface area contributed by atoms with Gasteiger partial charge in [-0.05, 0) is 33.1 Å². The number of rotatable bonds is 3. The maximum absolute atomic E-state index is 11.7. The van der Waals surface area contributed by atoms with Crippen molar-refractivity contribution in [3.63, 3.8) is 0 Å². The predicted molar refractivity (Wildman–Crippen MR) is 73.1 cm³/mol. The van der Waals surface area contributed by atoms with Crippen molar-refractivity contribution in [2.45, 2.75) is 45.3 Å². The number of carbonyl (C=O) groups excluding carboxylic acids is 2. The van der Waals surface area contributed by atoms with Gasteiger partial charge in [-0.1, -0.05) is 0 Å². The number of amides is 2. The molecule has 0 bridgehead atoms. The summed E-state index contributed by atoms with van der Waals surface area (Å²) in [5.41, 5.74) is -0.458. The monoisotopic (exact) mass is 284 g/mol. The Kier molecular flexibility index (Phi) is 4.22. The second kappa shape index (κ2) is 5.60. The quantitative estimate of drug-likeness (QED) is 0.833. The molecule has 0 saturated carbocycles. The number of aliphatic hydroxyl groups excluding tert-OH is 1. The van der Waals surface area contributed by atoms with E-state index in [-0.39, 0.29) is 18.4 Å². The molecule has 6 nitrogen and oxygen atoms in total. The van der Waals surface area contributed by atoms with Crippen LogP contribution in [-0.2, 0) is 9.53 Å². The zero-order chi connectivity index (χ0) is 14.9. The molecule has 20 heavy (non-hydrogen) atoms. The number of aliphatic hydroxyl groups is 1. The number of β-amino-alcohol motifs (C(OH)–C–C–N with tert-alkyl or cyclic N) is 1. The summed E-state index contributed by atoms with van der Waals surface area (Å²) >= 11 is 0. The Bertz CT molecular complexity index is 385. The first-order valence-electron chi connectivity index (χ1n) is 7.18. The first-order valence-corrected chi connectivity index (χ1v) is 7.18. The van der Waals surface area contributed by atoms with Gasteiger partial charge in [0.1, 0.15) is 5.60 Å². The van der Waals surface area contributed by atoms with E-state index in [0.717, 1.165) is 6.42 Å². The van der Waals surface area contributed by atoms with Crippen LogP contribution in [0.5, 0.6) is 0 Å². The summed E-state index contributed by atoms with van der Waals surface area (Å²) in [6, 6.07) is 0. The summed E-state index contributed by atoms with van der Waals surface area (Å²) in [6.07, 6.45) is 0.343. The van der Waals surface area contributed by atoms with Crippen molar-refractivity contribution >= 4 is 12.0 Å². The number of carbonyl (C=O) groups is 2. The highest BCUT2D eigenvalue weighted by molar-refractivity contribution is 5.79. The molecule has 6 heteroatoms. The Morgan fingerprint density at radius 2 is 2.00 bits per heavy atom. The smallest absolute Gasteiger partial charge is 0.410 e. The highest BCUT2D eigenvalue weighted by Crippen LogP contribution is 2.23. The summed E-state index contributed by atoms with van der Waals surface area (Å²) in [7, 11) is 0. The van der Waals surface area contributed by atoms with Gasteiger partial charge in [0.2, 0.25) is 5.91 Å². The van der Waals surface area contributed by atoms with Crippen LogP contribution < -0.4 is 0 Å². The van der Waals surface area contributed by atoms with Gasteiger partial charge in [-0.3, -0.25) is 4.79 Å². The maximum Gasteiger partial charge on any atom is 0.410 e. The van der Waals surface area contributed by atoms with E-state index in [1.54, 1.807) is 9.80 Å². The van der Waals surface area contributed by atoms with Crippen LogP contribution in [0.2, 0.25) is 0 Å². The molecule has 2 aliphatic rings. The maximum atomic E-state index is 11.7. The first kappa shape index (κ1) is 15.1. The first-order chi connectivity index (χ1) is 9.24. The fraction of sp³-hybridized carbons (Fsp3) is 0.857. The van der Waals surface area contributed by atoms with Gasteiger partial charge >= 0.3 is 6.09 Å². The van der Waals surface area contributed by atoms with Gasteiger partial charge in [0, 0.05) is 26.2 Å². The molecule has 2 saturated heterocycles. The molecule has 1 atom stereocenters. The molecular formula is C14H24N2O4. The van der Waals surface area contributed by atoms with Gasteiger partial charge in [-0.25, -0.2) is 4.79 Å². The molecule has 114 valence electrons. The van der Waals surface area contributed by atoms with E-state index >= 15 is 0 Å². The Labute approximate surface area is 119 Å². The van der Waals surface area contributed by atoms with Gasteiger partial charge in [0.25, 0.3) is 0 Å². The van der Waals surface area contributed by atoms with Crippen LogP contribution in [0, 0.1) is 5.92 Å². The number of hydrogen-bond acceptors (Lipinski definition) is 4. The number of hydrogen-bond donors (Lipinski definition) is 1. The summed E-state index contributed by atoms with van der Waals surface area (Å²) in [4.78, 5) is 26.7. The van der Waals surface area contributed by atoms with E-state index < -0.39 is 11.7 Å². The van der Waals surface area contributed by atoms with Crippen LogP contribution in [0.15, 0.2) is 0 Å². The van der Waals surface area contributed by atoms with Gasteiger partial charge in [-0.15, -0.1) is 0 Å². The largest absolute Gasteiger partial charge is 0.444 e. The lowest BCUT2D eigenvalue weighted by Crippen LogP contribution is -2.52. The van der Waals surface area contributed by atoms with E-state index in [4.69, 9.17) is 4.74 Å². The summed E-state index contributed by atoms with van der Waals surface area (Å²) in [5.74, 6) is 0.453. The summed E-state index contributed by atoms with van der Waals surface area (Å²) in [6.45, 7) is 8.06. The van der Waals surface area contributed by atoms with Gasteiger partial charge < -0.3 is 19.6 Å². The van der Waals surface area contributed by atoms with Crippen LogP contribution in [0.1, 0.15) is 33.6 Å². The van der Waals surface area contributed by atoms with E-state index in [1.807, 2.05) is 20.8 Å². The third-order valence-corrected chi connectivity index (χ3v) is 3.61. The van der Waals surface area contributed by atoms with E-state index in [0.29, 0.717) is 32.1 Å². The van der Waals surface area contributed by atoms with Crippen LogP contribution in [0.3, 0.4) is 0 Å². The average Bonchev–Trinajstić information content (AvgIpc) is 2.52. The third kappa shape index (κ3) is 3.85. The summed E-state index contributed by atoms with van der Waals surface area (Å²) in [5, 5.41) is 9.40. The molecule has 2 rings (SSSR count). The lowest BCUT2D eigenvalue weighted by atomic mass is 9.97. The van der Waals surface area contributed by atoms with Crippen molar-refractivity contribution in [1.82, 2.24) is 9.80 Å². The van der Waals surface area contributed by atoms with Crippen molar-refractivity contribution < 1.29 is 19.4 Å². The normalized spacial score (nSPS) is 24.0. The number of ether oxygens (including phenoxy) is 1. The molecular weight excluding hydrogens is 260 g/mol. The van der Waals surface area contributed by atoms with Crippen LogP contribution in [0.25, 0.3) is 0 Å². The summed E-state index contributed by atoms with van der Waals surface area (Å²) < 4.78 is 5.29. The molecule has 0 radical (unpaired) electrons. The Balaban J connectivity index is 1.65. The predicted octanol–water partition coefficient (Wildman–Crippen LogP) is 0.837. The number of nitrogens with zero attached hydrogens (tertiary/aromatic N) is 2. The lowest BCUT2D eigenvalue weighted by Gasteiger charge is -2.40. The van der Waals surface area contributed by atoms with Crippen LogP contribution in [-0.4, -0.2) is 64.8 Å². The molecule has 0 aliphatic carbocycles. The van der Waals surface area contributed by atoms with Crippen molar-refractivity contribution in [2.24, 2.45) is 5.92 Å². The topological polar surface area (TPSA) is 70.1 Å². The highest BCUT2D eigenvalue weighted by Gasteiger charge is 2.35. The second-order valence-electron chi connectivity index (χ2n) is 6.74. The van der Waals surface area contributed by atoms with E-state index in [1.165, 1.54) is 0 Å². The molecule has 0 aromatic heterocycles. The molecule has 0 aromatic carbocycles. The molecule has 1 N–H and O–H groups in total. The van der Waals surface area contributed by atoms with Crippen LogP contribution >= 0.6 is 0 Å². The van der Waals surface area contributed by atoms with E-state index in [2.05, 4.69) is 0 Å². The van der Waals surface area contributed by atoms with Crippen LogP contribution in [0.4, 0.5) is 4.79 Å². The third-order valence-electron chi connectivity index (χ3n) is 3.61. The van der Waals surface area contributed by atoms with Crippen molar-refractivity contribution in [2.75, 3.05) is 26.2 Å². The van der Waals surface area contributed by atoms with Gasteiger partial charge in [0.05, 0.1) is 12.5 Å². The van der Waals surface area contributed by atoms with E-state index in [9.17, 15) is 14.7 Å². The Morgan fingerprint density at radius 3 is 2.50 bits per heavy atom.